The number of carbonyl (C=O) groups is 1. The molecule has 0 saturated carbocycles. The van der Waals surface area contributed by atoms with Crippen molar-refractivity contribution >= 4 is 21.5 Å². The summed E-state index contributed by atoms with van der Waals surface area (Å²) in [7, 11) is -3.79. The van der Waals surface area contributed by atoms with E-state index in [1.807, 2.05) is 30.3 Å². The predicted molar refractivity (Wildman–Crippen MR) is 90.8 cm³/mol. The molecule has 1 N–H and O–H groups in total. The molecule has 0 fully saturated rings. The van der Waals surface area contributed by atoms with Crippen molar-refractivity contribution in [2.24, 2.45) is 0 Å². The summed E-state index contributed by atoms with van der Waals surface area (Å²) in [4.78, 5) is 11.4. The summed E-state index contributed by atoms with van der Waals surface area (Å²) in [6.45, 7) is 1.43. The highest BCUT2D eigenvalue weighted by atomic mass is 32.2. The summed E-state index contributed by atoms with van der Waals surface area (Å²) >= 11 is 0. The molecule has 1 heterocycles. The van der Waals surface area contributed by atoms with Gasteiger partial charge in [0, 0.05) is 11.3 Å². The van der Waals surface area contributed by atoms with Gasteiger partial charge in [0.1, 0.15) is 4.90 Å². The number of sulfonamides is 1. The van der Waals surface area contributed by atoms with E-state index in [1.54, 1.807) is 18.2 Å². The van der Waals surface area contributed by atoms with Crippen LogP contribution in [0.5, 0.6) is 0 Å². The number of para-hydroxylation sites is 1. The quantitative estimate of drug-likeness (QED) is 0.724. The summed E-state index contributed by atoms with van der Waals surface area (Å²) in [6, 6.07) is 15.6. The summed E-state index contributed by atoms with van der Waals surface area (Å²) in [5, 5.41) is 4.08. The minimum absolute atomic E-state index is 0.0413. The molecule has 0 aliphatic rings. The molecule has 3 rings (SSSR count). The molecule has 0 radical (unpaired) electrons. The topological polar surface area (TPSA) is 81.1 Å². The van der Waals surface area contributed by atoms with Crippen LogP contribution in [0, 0.1) is 0 Å². The molecule has 24 heavy (non-hydrogen) atoms. The van der Waals surface area contributed by atoms with Crippen LogP contribution in [0.15, 0.2) is 71.9 Å². The molecule has 0 aliphatic heterocycles. The Morgan fingerprint density at radius 3 is 2.54 bits per heavy atom. The van der Waals surface area contributed by atoms with Gasteiger partial charge in [-0.1, -0.05) is 30.3 Å². The minimum Gasteiger partial charge on any atom is -0.295 e. The number of carbonyl (C=O) groups excluding carboxylic acids is 1. The number of nitrogens with one attached hydrogen (secondary N) is 1. The first-order valence-corrected chi connectivity index (χ1v) is 8.68. The molecule has 0 saturated heterocycles. The first-order valence-electron chi connectivity index (χ1n) is 7.20. The zero-order valence-electron chi connectivity index (χ0n) is 12.9. The lowest BCUT2D eigenvalue weighted by Gasteiger charge is -2.07. The minimum atomic E-state index is -3.79. The lowest BCUT2D eigenvalue weighted by atomic mass is 10.1. The second kappa shape index (κ2) is 6.29. The molecule has 1 aromatic heterocycles. The van der Waals surface area contributed by atoms with Gasteiger partial charge in [-0.3, -0.25) is 9.52 Å². The number of aromatic nitrogens is 2. The second-order valence-corrected chi connectivity index (χ2v) is 6.88. The van der Waals surface area contributed by atoms with Gasteiger partial charge < -0.3 is 0 Å². The van der Waals surface area contributed by atoms with Crippen molar-refractivity contribution in [2.75, 3.05) is 4.72 Å². The van der Waals surface area contributed by atoms with E-state index in [-0.39, 0.29) is 10.7 Å². The van der Waals surface area contributed by atoms with Gasteiger partial charge >= 0.3 is 0 Å². The van der Waals surface area contributed by atoms with Crippen molar-refractivity contribution in [2.45, 2.75) is 11.8 Å². The zero-order chi connectivity index (χ0) is 17.2. The number of hydrogen-bond acceptors (Lipinski definition) is 4. The summed E-state index contributed by atoms with van der Waals surface area (Å²) in [5.41, 5.74) is 1.53. The normalized spacial score (nSPS) is 11.2. The predicted octanol–water partition coefficient (Wildman–Crippen LogP) is 2.88. The Morgan fingerprint density at radius 2 is 1.83 bits per heavy atom. The monoisotopic (exact) mass is 341 g/mol. The molecule has 0 bridgehead atoms. The average molecular weight is 341 g/mol. The average Bonchev–Trinajstić information content (AvgIpc) is 3.06. The molecule has 6 nitrogen and oxygen atoms in total. The van der Waals surface area contributed by atoms with Gasteiger partial charge in [-0.25, -0.2) is 13.1 Å². The van der Waals surface area contributed by atoms with E-state index in [0.717, 1.165) is 5.69 Å². The Hall–Kier alpha value is -2.93. The van der Waals surface area contributed by atoms with Crippen molar-refractivity contribution in [3.63, 3.8) is 0 Å². The van der Waals surface area contributed by atoms with Crippen molar-refractivity contribution in [3.8, 4) is 5.69 Å². The third kappa shape index (κ3) is 3.36. The second-order valence-electron chi connectivity index (χ2n) is 5.20. The fraction of sp³-hybridized carbons (Fsp3) is 0.0588. The summed E-state index contributed by atoms with van der Waals surface area (Å²) < 4.78 is 28.9. The van der Waals surface area contributed by atoms with Crippen LogP contribution in [-0.4, -0.2) is 24.0 Å². The molecule has 7 heteroatoms. The Morgan fingerprint density at radius 1 is 1.08 bits per heavy atom. The highest BCUT2D eigenvalue weighted by Crippen LogP contribution is 2.18. The molecular weight excluding hydrogens is 326 g/mol. The fourth-order valence-electron chi connectivity index (χ4n) is 2.18. The standard InChI is InChI=1S/C17H15N3O3S/c1-13(21)14-6-5-7-15(10-14)19-24(22,23)17-11-18-20(12-17)16-8-3-2-4-9-16/h2-12,19H,1H3. The van der Waals surface area contributed by atoms with Gasteiger partial charge in [0.15, 0.2) is 5.78 Å². The van der Waals surface area contributed by atoms with Crippen LogP contribution in [0.3, 0.4) is 0 Å². The smallest absolute Gasteiger partial charge is 0.265 e. The van der Waals surface area contributed by atoms with Crippen molar-refractivity contribution in [3.05, 3.63) is 72.6 Å². The zero-order valence-corrected chi connectivity index (χ0v) is 13.7. The molecular formula is C17H15N3O3S. The number of Topliss-reactive ketones (excluding diaryl/α,β-unsaturated/α-hetero) is 1. The summed E-state index contributed by atoms with van der Waals surface area (Å²) in [6.07, 6.45) is 2.72. The first kappa shape index (κ1) is 15.9. The SMILES string of the molecule is CC(=O)c1cccc(NS(=O)(=O)c2cnn(-c3ccccc3)c2)c1. The van der Waals surface area contributed by atoms with E-state index in [1.165, 1.54) is 30.1 Å². The molecule has 0 amide bonds. The Labute approximate surface area is 139 Å². The number of hydrogen-bond donors (Lipinski definition) is 1. The molecule has 3 aromatic rings. The number of anilines is 1. The largest absolute Gasteiger partial charge is 0.295 e. The van der Waals surface area contributed by atoms with Gasteiger partial charge in [-0.2, -0.15) is 5.10 Å². The Kier molecular flexibility index (Phi) is 4.18. The summed E-state index contributed by atoms with van der Waals surface area (Å²) in [5.74, 6) is -0.132. The number of rotatable bonds is 5. The molecule has 0 unspecified atom stereocenters. The van der Waals surface area contributed by atoms with Gasteiger partial charge in [0.2, 0.25) is 0 Å². The van der Waals surface area contributed by atoms with Crippen LogP contribution >= 0.6 is 0 Å². The lowest BCUT2D eigenvalue weighted by Crippen LogP contribution is -2.12. The van der Waals surface area contributed by atoms with Crippen molar-refractivity contribution in [1.29, 1.82) is 0 Å². The van der Waals surface area contributed by atoms with E-state index in [9.17, 15) is 13.2 Å². The maximum Gasteiger partial charge on any atom is 0.265 e. The number of nitrogens with zero attached hydrogens (tertiary/aromatic N) is 2. The third-order valence-electron chi connectivity index (χ3n) is 3.41. The van der Waals surface area contributed by atoms with Gasteiger partial charge in [-0.05, 0) is 31.2 Å². The lowest BCUT2D eigenvalue weighted by molar-refractivity contribution is 0.101. The van der Waals surface area contributed by atoms with Gasteiger partial charge in [-0.15, -0.1) is 0 Å². The van der Waals surface area contributed by atoms with E-state index in [0.29, 0.717) is 11.3 Å². The maximum absolute atomic E-state index is 12.5. The molecule has 122 valence electrons. The van der Waals surface area contributed by atoms with Crippen LogP contribution in [0.2, 0.25) is 0 Å². The first-order chi connectivity index (χ1) is 11.5. The van der Waals surface area contributed by atoms with Gasteiger partial charge in [0.25, 0.3) is 10.0 Å². The molecule has 0 aliphatic carbocycles. The van der Waals surface area contributed by atoms with Crippen LogP contribution in [0.25, 0.3) is 5.69 Å². The highest BCUT2D eigenvalue weighted by Gasteiger charge is 2.17. The van der Waals surface area contributed by atoms with Crippen molar-refractivity contribution < 1.29 is 13.2 Å². The van der Waals surface area contributed by atoms with Crippen LogP contribution in [-0.2, 0) is 10.0 Å². The molecule has 0 spiro atoms. The van der Waals surface area contributed by atoms with Crippen LogP contribution < -0.4 is 4.72 Å². The number of ketones is 1. The number of benzene rings is 2. The Bertz CT molecular complexity index is 979. The van der Waals surface area contributed by atoms with Gasteiger partial charge in [0.05, 0.1) is 18.1 Å². The van der Waals surface area contributed by atoms with Crippen molar-refractivity contribution in [1.82, 2.24) is 9.78 Å². The van der Waals surface area contributed by atoms with E-state index in [4.69, 9.17) is 0 Å². The highest BCUT2D eigenvalue weighted by molar-refractivity contribution is 7.92. The van der Waals surface area contributed by atoms with Crippen LogP contribution in [0.4, 0.5) is 5.69 Å². The molecule has 2 aromatic carbocycles. The van der Waals surface area contributed by atoms with E-state index in [2.05, 4.69) is 9.82 Å². The molecule has 0 atom stereocenters. The van der Waals surface area contributed by atoms with E-state index < -0.39 is 10.0 Å². The Balaban J connectivity index is 1.88. The maximum atomic E-state index is 12.5. The third-order valence-corrected chi connectivity index (χ3v) is 4.75. The van der Waals surface area contributed by atoms with Crippen LogP contribution in [0.1, 0.15) is 17.3 Å². The fourth-order valence-corrected chi connectivity index (χ4v) is 3.16. The van der Waals surface area contributed by atoms with E-state index >= 15 is 0 Å².